The second-order valence-corrected chi connectivity index (χ2v) is 24.4. The predicted octanol–water partition coefficient (Wildman–Crippen LogP) is -13.2. The normalized spacial score (nSPS) is 11.6. The van der Waals surface area contributed by atoms with Gasteiger partial charge in [-0.1, -0.05) is 53.9 Å². The Labute approximate surface area is 623 Å². The second kappa shape index (κ2) is 30.1. The van der Waals surface area contributed by atoms with Gasteiger partial charge in [-0.3, -0.25) is 9.44 Å². The Kier molecular flexibility index (Phi) is 27.9. The molecule has 6 aromatic carbocycles. The Morgan fingerprint density at radius 2 is 1.05 bits per heavy atom. The number of aryl methyl sites for hydroxylation is 5. The summed E-state index contributed by atoms with van der Waals surface area (Å²) in [5.74, 6) is -5.58. The average molecular weight is 1280 g/mol. The van der Waals surface area contributed by atoms with Gasteiger partial charge in [-0.25, -0.2) is 38.7 Å². The van der Waals surface area contributed by atoms with Crippen molar-refractivity contribution in [2.75, 3.05) is 14.8 Å². The van der Waals surface area contributed by atoms with Crippen molar-refractivity contribution in [2.24, 2.45) is 4.99 Å². The number of hydrogen-bond donors (Lipinski definition) is 3. The van der Waals surface area contributed by atoms with Crippen molar-refractivity contribution >= 4 is 97.6 Å². The Bertz CT molecular complexity index is 4550. The van der Waals surface area contributed by atoms with Crippen LogP contribution < -0.4 is 213 Å². The fourth-order valence-corrected chi connectivity index (χ4v) is 13.5. The Morgan fingerprint density at radius 3 is 1.61 bits per heavy atom. The van der Waals surface area contributed by atoms with E-state index in [4.69, 9.17) is 4.42 Å². The number of aromatic carboxylic acids is 3. The van der Waals surface area contributed by atoms with E-state index in [2.05, 4.69) is 31.9 Å². The predicted molar refractivity (Wildman–Crippen MR) is 279 cm³/mol. The molecule has 1 heterocycles. The number of benzene rings is 7. The van der Waals surface area contributed by atoms with Crippen LogP contribution in [-0.2, 0) is 40.3 Å². The first-order valence-electron chi connectivity index (χ1n) is 23.1. The fraction of sp³-hybridized carbons (Fsp3) is 0.148. The number of carboxylic acid groups (broad SMARTS) is 3. The first kappa shape index (κ1) is 78.6. The van der Waals surface area contributed by atoms with Crippen LogP contribution >= 0.6 is 0 Å². The SMILES string of the molecule is Cc1[c-]cc(C(=O)[O-])cc1S(=O)(=O)Nc1c(C)cc(C)c(Nc2[c-]cc3c(-c4ccccc4S(=O)(=O)[O-])c4cc(S(=O)(=O)[O-])c(=Nc5c(C)cc(C)c(NS(=O)(=O)c6cc(C(=O)[O-])cc(C(=O)[O-])c6C)c5C)cc-4oc3c2)c1C.[Na+].[Na+].[Na+].[Na+].[Na+].[Na+]. The molecule has 0 radical (unpaired) electrons. The summed E-state index contributed by atoms with van der Waals surface area (Å²) in [6.07, 6.45) is 0. The molecular weight excluding hydrogens is 1240 g/mol. The number of anilines is 4. The average Bonchev–Trinajstić information content (AvgIpc) is 3.42. The van der Waals surface area contributed by atoms with Crippen LogP contribution in [0.1, 0.15) is 75.6 Å². The summed E-state index contributed by atoms with van der Waals surface area (Å²) < 4.78 is 145. The van der Waals surface area contributed by atoms with Crippen LogP contribution in [0.4, 0.5) is 28.4 Å². The van der Waals surface area contributed by atoms with Gasteiger partial charge in [0.25, 0.3) is 10.0 Å². The molecule has 0 unspecified atom stereocenters. The number of carbonyl (C=O) groups is 3. The minimum atomic E-state index is -5.53. The van der Waals surface area contributed by atoms with Crippen LogP contribution in [0.15, 0.2) is 114 Å². The minimum absolute atomic E-state index is 0. The molecule has 3 N–H and O–H groups in total. The zero-order chi connectivity index (χ0) is 58.2. The van der Waals surface area contributed by atoms with Gasteiger partial charge in [0.1, 0.15) is 26.0 Å². The molecule has 21 nitrogen and oxygen atoms in total. The number of fused-ring (bicyclic) bond motifs is 2. The topological polar surface area (TPSA) is 365 Å². The van der Waals surface area contributed by atoms with Gasteiger partial charge < -0.3 is 48.5 Å². The third-order valence-corrected chi connectivity index (χ3v) is 17.7. The van der Waals surface area contributed by atoms with Crippen molar-refractivity contribution in [1.29, 1.82) is 0 Å². The van der Waals surface area contributed by atoms with Crippen LogP contribution in [-0.4, -0.2) is 60.7 Å². The van der Waals surface area contributed by atoms with Crippen molar-refractivity contribution < 1.29 is 254 Å². The second-order valence-electron chi connectivity index (χ2n) is 18.4. The summed E-state index contributed by atoms with van der Waals surface area (Å²) in [4.78, 5) is 37.1. The van der Waals surface area contributed by atoms with E-state index < -0.39 is 94.9 Å². The summed E-state index contributed by atoms with van der Waals surface area (Å²) >= 11 is 0. The van der Waals surface area contributed by atoms with Crippen molar-refractivity contribution in [3.05, 3.63) is 164 Å². The molecule has 2 aliphatic rings. The van der Waals surface area contributed by atoms with E-state index in [1.54, 1.807) is 26.8 Å². The van der Waals surface area contributed by atoms with Gasteiger partial charge in [0, 0.05) is 34.4 Å². The third-order valence-electron chi connectivity index (χ3n) is 13.0. The van der Waals surface area contributed by atoms with Crippen LogP contribution in [0.3, 0.4) is 0 Å². The minimum Gasteiger partial charge on any atom is -0.744 e. The molecule has 1 aliphatic carbocycles. The fourth-order valence-electron chi connectivity index (χ4n) is 9.30. The van der Waals surface area contributed by atoms with E-state index in [1.165, 1.54) is 64.1 Å². The van der Waals surface area contributed by atoms with E-state index in [0.717, 1.165) is 37.3 Å². The molecule has 0 aromatic heterocycles. The number of rotatable bonds is 15. The number of carboxylic acids is 3. The summed E-state index contributed by atoms with van der Waals surface area (Å²) in [5, 5.41) is 38.0. The number of hydrogen-bond acceptors (Lipinski definition) is 19. The van der Waals surface area contributed by atoms with E-state index in [9.17, 15) is 72.5 Å². The molecule has 0 spiro atoms. The molecular formula is C54H41N4Na6O17S4-. The maximum Gasteiger partial charge on any atom is 1.00 e. The molecule has 6 aromatic rings. The van der Waals surface area contributed by atoms with E-state index in [1.807, 2.05) is 0 Å². The van der Waals surface area contributed by atoms with Crippen molar-refractivity contribution in [3.8, 4) is 22.5 Å². The number of carbonyl (C=O) groups excluding carboxylic acids is 3. The van der Waals surface area contributed by atoms with E-state index in [0.29, 0.717) is 40.1 Å². The molecule has 410 valence electrons. The van der Waals surface area contributed by atoms with Crippen LogP contribution in [0.5, 0.6) is 0 Å². The maximum atomic E-state index is 14.0. The van der Waals surface area contributed by atoms with E-state index in [-0.39, 0.29) is 261 Å². The first-order chi connectivity index (χ1) is 36.7. The summed E-state index contributed by atoms with van der Waals surface area (Å²) in [7, 11) is -20.1. The quantitative estimate of drug-likeness (QED) is 0.0371. The monoisotopic (exact) mass is 1280 g/mol. The zero-order valence-electron chi connectivity index (χ0n) is 48.6. The summed E-state index contributed by atoms with van der Waals surface area (Å²) in [5.41, 5.74) is -0.213. The van der Waals surface area contributed by atoms with E-state index >= 15 is 0 Å². The smallest absolute Gasteiger partial charge is 0.744 e. The first-order valence-corrected chi connectivity index (χ1v) is 28.9. The molecule has 1 aliphatic heterocycles. The Hall–Kier alpha value is -2.46. The maximum absolute atomic E-state index is 14.0. The van der Waals surface area contributed by atoms with Gasteiger partial charge in [0.15, 0.2) is 0 Å². The van der Waals surface area contributed by atoms with Crippen molar-refractivity contribution in [2.45, 2.75) is 75.0 Å². The Balaban J connectivity index is 0.00000411. The van der Waals surface area contributed by atoms with Crippen molar-refractivity contribution in [1.82, 2.24) is 0 Å². The molecule has 0 amide bonds. The standard InChI is InChI=1S/C54H46N4O17S4.6Na/c1-25-13-14-33(52(59)60)20-44(25)76(65,66)57-50-28(4)17-26(2)48(31(50)7)55-35-15-16-36-41(22-35)75-42-24-40(46(79(72,73)74)23-39(42)47(36)37-11-9-10-12-43(37)78(69,70)71)56-49-27(3)18-29(5)51(32(49)8)58-77(67,68)45-21-34(53(61)62)19-38(30(45)6)54(63)64;;;;;;/h9-12,14,16-24,55,57-58H,1-8H3,(H,59,60)(H,61,62)(H,63,64)(H,69,70,71)(H,72,73,74);;;;;;/q-2;6*+1/p-5. The van der Waals surface area contributed by atoms with Crippen LogP contribution in [0, 0.1) is 67.5 Å². The largest absolute Gasteiger partial charge is 1.00 e. The van der Waals surface area contributed by atoms with Crippen molar-refractivity contribution in [3.63, 3.8) is 0 Å². The molecule has 0 saturated heterocycles. The van der Waals surface area contributed by atoms with Gasteiger partial charge in [-0.15, -0.1) is 23.3 Å². The molecule has 31 heteroatoms. The summed E-state index contributed by atoms with van der Waals surface area (Å²) in [6, 6.07) is 21.9. The van der Waals surface area contributed by atoms with Gasteiger partial charge >= 0.3 is 177 Å². The molecule has 0 bridgehead atoms. The molecule has 0 fully saturated rings. The molecule has 0 saturated carbocycles. The number of nitrogens with one attached hydrogen (secondary N) is 3. The van der Waals surface area contributed by atoms with Crippen LogP contribution in [0.2, 0.25) is 0 Å². The molecule has 0 atom stereocenters. The van der Waals surface area contributed by atoms with Gasteiger partial charge in [-0.2, -0.15) is 24.3 Å². The Morgan fingerprint density at radius 1 is 0.518 bits per heavy atom. The third kappa shape index (κ3) is 16.6. The van der Waals surface area contributed by atoms with Gasteiger partial charge in [0.2, 0.25) is 10.0 Å². The number of sulfonamides is 2. The van der Waals surface area contributed by atoms with Gasteiger partial charge in [-0.05, 0) is 128 Å². The zero-order valence-corrected chi connectivity index (χ0v) is 63.9. The van der Waals surface area contributed by atoms with Gasteiger partial charge in [0.05, 0.1) is 49.0 Å². The molecule has 8 rings (SSSR count). The number of nitrogens with zero attached hydrogens (tertiary/aromatic N) is 1. The summed E-state index contributed by atoms with van der Waals surface area (Å²) in [6.45, 7) is 12.0. The van der Waals surface area contributed by atoms with Crippen LogP contribution in [0.25, 0.3) is 33.4 Å². The molecule has 85 heavy (non-hydrogen) atoms.